The van der Waals surface area contributed by atoms with Crippen LogP contribution in [-0.2, 0) is 11.3 Å². The van der Waals surface area contributed by atoms with Gasteiger partial charge in [-0.05, 0) is 51.5 Å². The van der Waals surface area contributed by atoms with Crippen molar-refractivity contribution < 1.29 is 9.90 Å². The van der Waals surface area contributed by atoms with Crippen molar-refractivity contribution >= 4 is 23.0 Å². The van der Waals surface area contributed by atoms with Gasteiger partial charge in [0, 0.05) is 29.0 Å². The van der Waals surface area contributed by atoms with Crippen molar-refractivity contribution in [3.05, 3.63) is 61.8 Å². The van der Waals surface area contributed by atoms with Crippen molar-refractivity contribution in [2.24, 2.45) is 0 Å². The number of aliphatic carboxylic acids is 1. The number of nitrogens with one attached hydrogen (secondary N) is 1. The van der Waals surface area contributed by atoms with Crippen molar-refractivity contribution in [1.82, 2.24) is 9.47 Å². The zero-order valence-corrected chi connectivity index (χ0v) is 16.0. The normalized spacial score (nSPS) is 16.5. The van der Waals surface area contributed by atoms with Gasteiger partial charge in [0.2, 0.25) is 0 Å². The lowest BCUT2D eigenvalue weighted by atomic mass is 9.85. The molecule has 1 aliphatic rings. The van der Waals surface area contributed by atoms with E-state index in [-0.39, 0.29) is 11.1 Å². The lowest BCUT2D eigenvalue weighted by molar-refractivity contribution is -0.132. The van der Waals surface area contributed by atoms with Crippen LogP contribution >= 0.6 is 11.3 Å². The lowest BCUT2D eigenvalue weighted by Gasteiger charge is -2.28. The summed E-state index contributed by atoms with van der Waals surface area (Å²) < 4.78 is 1.69. The quantitative estimate of drug-likeness (QED) is 0.814. The highest BCUT2D eigenvalue weighted by atomic mass is 32.1. The summed E-state index contributed by atoms with van der Waals surface area (Å²) in [6.45, 7) is 3.23. The molecule has 1 atom stereocenters. The first kappa shape index (κ1) is 18.4. The molecule has 2 aromatic heterocycles. The average molecular weight is 373 g/mol. The Hall–Kier alpha value is -2.38. The first-order chi connectivity index (χ1) is 12.4. The van der Waals surface area contributed by atoms with Crippen LogP contribution in [0.2, 0.25) is 0 Å². The molecule has 138 valence electrons. The van der Waals surface area contributed by atoms with Gasteiger partial charge in [-0.3, -0.25) is 4.79 Å². The van der Waals surface area contributed by atoms with Gasteiger partial charge in [0.15, 0.2) is 0 Å². The number of hydrogen-bond donors (Lipinski definition) is 2. The molecule has 0 aliphatic carbocycles. The number of fused-ring (bicyclic) bond motifs is 1. The highest BCUT2D eigenvalue weighted by molar-refractivity contribution is 7.10. The number of nitrogens with zero attached hydrogens (tertiary/aromatic N) is 2. The molecule has 3 rings (SSSR count). The maximum Gasteiger partial charge on any atom is 0.334 e. The fourth-order valence-corrected chi connectivity index (χ4v) is 4.21. The number of thiophene rings is 1. The minimum Gasteiger partial charge on any atom is -0.478 e. The molecular formula is C19H23N3O3S. The van der Waals surface area contributed by atoms with E-state index in [1.165, 1.54) is 11.3 Å². The maximum absolute atomic E-state index is 13.2. The van der Waals surface area contributed by atoms with E-state index in [0.717, 1.165) is 17.8 Å². The molecular weight excluding hydrogens is 350 g/mol. The van der Waals surface area contributed by atoms with Crippen LogP contribution < -0.4 is 10.9 Å². The van der Waals surface area contributed by atoms with Crippen molar-refractivity contribution in [1.29, 1.82) is 0 Å². The van der Waals surface area contributed by atoms with Crippen LogP contribution in [0.3, 0.4) is 0 Å². The summed E-state index contributed by atoms with van der Waals surface area (Å²) in [5.74, 6) is -1.54. The van der Waals surface area contributed by atoms with Gasteiger partial charge in [-0.15, -0.1) is 11.3 Å². The van der Waals surface area contributed by atoms with Crippen molar-refractivity contribution in [3.8, 4) is 0 Å². The highest BCUT2D eigenvalue weighted by Crippen LogP contribution is 2.41. The van der Waals surface area contributed by atoms with E-state index in [9.17, 15) is 14.7 Å². The van der Waals surface area contributed by atoms with Crippen LogP contribution in [0, 0.1) is 0 Å². The zero-order chi connectivity index (χ0) is 18.8. The average Bonchev–Trinajstić information content (AvgIpc) is 3.09. The topological polar surface area (TPSA) is 74.6 Å². The second-order valence-electron chi connectivity index (χ2n) is 6.72. The number of allylic oxidation sites excluding steroid dienone is 1. The number of aryl methyl sites for hydroxylation is 1. The number of carboxylic acid groups (broad SMARTS) is 1. The molecule has 0 spiro atoms. The van der Waals surface area contributed by atoms with Crippen LogP contribution in [0.25, 0.3) is 0 Å². The molecule has 26 heavy (non-hydrogen) atoms. The van der Waals surface area contributed by atoms with Crippen LogP contribution in [-0.4, -0.2) is 41.2 Å². The molecule has 0 amide bonds. The monoisotopic (exact) mass is 373 g/mol. The van der Waals surface area contributed by atoms with E-state index >= 15 is 0 Å². The summed E-state index contributed by atoms with van der Waals surface area (Å²) in [4.78, 5) is 28.0. The van der Waals surface area contributed by atoms with Gasteiger partial charge in [-0.1, -0.05) is 6.07 Å². The summed E-state index contributed by atoms with van der Waals surface area (Å²) in [5.41, 5.74) is 1.90. The number of carbonyl (C=O) groups is 1. The molecule has 1 unspecified atom stereocenters. The molecule has 3 heterocycles. The van der Waals surface area contributed by atoms with Crippen LogP contribution in [0.15, 0.2) is 45.8 Å². The minimum absolute atomic E-state index is 0.126. The van der Waals surface area contributed by atoms with Crippen LogP contribution in [0.5, 0.6) is 0 Å². The molecule has 0 saturated heterocycles. The van der Waals surface area contributed by atoms with Gasteiger partial charge < -0.3 is 19.9 Å². The predicted octanol–water partition coefficient (Wildman–Crippen LogP) is 2.78. The second-order valence-corrected chi connectivity index (χ2v) is 7.69. The van der Waals surface area contributed by atoms with E-state index in [2.05, 4.69) is 10.2 Å². The Labute approximate surface area is 156 Å². The largest absolute Gasteiger partial charge is 0.478 e. The van der Waals surface area contributed by atoms with Gasteiger partial charge in [-0.2, -0.15) is 0 Å². The molecule has 0 bridgehead atoms. The van der Waals surface area contributed by atoms with Crippen molar-refractivity contribution in [2.75, 3.05) is 26.0 Å². The molecule has 2 aromatic rings. The fraction of sp³-hybridized carbons (Fsp3) is 0.368. The molecule has 6 nitrogen and oxygen atoms in total. The van der Waals surface area contributed by atoms with Crippen molar-refractivity contribution in [3.63, 3.8) is 0 Å². The Kier molecular flexibility index (Phi) is 5.29. The van der Waals surface area contributed by atoms with E-state index in [4.69, 9.17) is 0 Å². The number of anilines is 1. The number of hydrogen-bond acceptors (Lipinski definition) is 5. The number of rotatable bonds is 6. The van der Waals surface area contributed by atoms with Crippen LogP contribution in [0.1, 0.15) is 29.7 Å². The minimum atomic E-state index is -0.999. The van der Waals surface area contributed by atoms with E-state index in [1.54, 1.807) is 17.7 Å². The van der Waals surface area contributed by atoms with E-state index in [0.29, 0.717) is 23.5 Å². The number of aromatic nitrogens is 1. The van der Waals surface area contributed by atoms with E-state index < -0.39 is 11.9 Å². The lowest BCUT2D eigenvalue weighted by Crippen LogP contribution is -2.32. The summed E-state index contributed by atoms with van der Waals surface area (Å²) in [6.07, 6.45) is 2.64. The van der Waals surface area contributed by atoms with Gasteiger partial charge in [0.05, 0.1) is 17.1 Å². The Morgan fingerprint density at radius 3 is 2.77 bits per heavy atom. The van der Waals surface area contributed by atoms with Gasteiger partial charge in [0.25, 0.3) is 5.56 Å². The molecule has 0 radical (unpaired) electrons. The third-order valence-corrected chi connectivity index (χ3v) is 5.51. The van der Waals surface area contributed by atoms with Gasteiger partial charge in [0.1, 0.15) is 0 Å². The maximum atomic E-state index is 13.2. The van der Waals surface area contributed by atoms with Gasteiger partial charge in [-0.25, -0.2) is 4.79 Å². The molecule has 0 aromatic carbocycles. The van der Waals surface area contributed by atoms with Crippen LogP contribution in [0.4, 0.5) is 5.69 Å². The number of pyridine rings is 1. The van der Waals surface area contributed by atoms with E-state index in [1.807, 2.05) is 37.7 Å². The predicted molar refractivity (Wildman–Crippen MR) is 104 cm³/mol. The second kappa shape index (κ2) is 7.47. The number of carboxylic acids is 1. The molecule has 2 N–H and O–H groups in total. The Balaban J connectivity index is 2.09. The molecule has 1 aliphatic heterocycles. The first-order valence-corrected chi connectivity index (χ1v) is 9.40. The third-order valence-electron chi connectivity index (χ3n) is 4.57. The third kappa shape index (κ3) is 3.45. The summed E-state index contributed by atoms with van der Waals surface area (Å²) in [6, 6.07) is 5.65. The van der Waals surface area contributed by atoms with Gasteiger partial charge >= 0.3 is 5.97 Å². The fourth-order valence-electron chi connectivity index (χ4n) is 3.37. The smallest absolute Gasteiger partial charge is 0.334 e. The highest BCUT2D eigenvalue weighted by Gasteiger charge is 2.35. The SMILES string of the molecule is CC1=C(C(=O)O)C(c2cccs2)c2c(ccn(CCCN(C)C)c2=O)N1. The Morgan fingerprint density at radius 2 is 2.15 bits per heavy atom. The summed E-state index contributed by atoms with van der Waals surface area (Å²) in [7, 11) is 4.00. The standard InChI is InChI=1S/C19H23N3O3S/c1-12-15(19(24)25)17(14-6-4-11-26-14)16-13(20-12)7-10-22(18(16)23)9-5-8-21(2)3/h4,6-7,10-11,17,20H,5,8-9H2,1-3H3,(H,24,25). The molecule has 0 saturated carbocycles. The Bertz CT molecular complexity index is 897. The zero-order valence-electron chi connectivity index (χ0n) is 15.2. The first-order valence-electron chi connectivity index (χ1n) is 8.52. The molecule has 0 fully saturated rings. The summed E-state index contributed by atoms with van der Waals surface area (Å²) in [5, 5.41) is 14.8. The summed E-state index contributed by atoms with van der Waals surface area (Å²) >= 11 is 1.47. The molecule has 7 heteroatoms. The van der Waals surface area contributed by atoms with Crippen molar-refractivity contribution in [2.45, 2.75) is 25.8 Å². The Morgan fingerprint density at radius 1 is 1.38 bits per heavy atom.